The van der Waals surface area contributed by atoms with Gasteiger partial charge in [0.15, 0.2) is 11.5 Å². The average Bonchev–Trinajstić information content (AvgIpc) is 3.63. The Kier molecular flexibility index (Phi) is 11.5. The number of nitriles is 1. The van der Waals surface area contributed by atoms with E-state index in [1.165, 1.54) is 0 Å². The number of halogens is 2. The second kappa shape index (κ2) is 16.8. The third kappa shape index (κ3) is 8.51. The molecule has 1 unspecified atom stereocenters. The van der Waals surface area contributed by atoms with Crippen molar-refractivity contribution in [3.8, 4) is 11.8 Å². The molecule has 16 heteroatoms. The molecule has 56 heavy (non-hydrogen) atoms. The number of aliphatic hydroxyl groups excluding tert-OH is 1. The minimum absolute atomic E-state index is 0.0306. The molecule has 0 spiro atoms. The lowest BCUT2D eigenvalue weighted by Gasteiger charge is -2.38. The minimum Gasteiger partial charge on any atom is -0.490 e. The Bertz CT molecular complexity index is 2080. The monoisotopic (exact) mass is 800 g/mol. The number of aromatic nitrogens is 4. The van der Waals surface area contributed by atoms with Gasteiger partial charge in [-0.15, -0.1) is 10.2 Å². The van der Waals surface area contributed by atoms with E-state index in [1.54, 1.807) is 29.2 Å². The van der Waals surface area contributed by atoms with Crippen LogP contribution in [-0.2, 0) is 4.79 Å². The number of carbonyl (C=O) groups is 2. The smallest absolute Gasteiger partial charge is 0.272 e. The van der Waals surface area contributed by atoms with Crippen molar-refractivity contribution in [2.45, 2.75) is 82.3 Å². The number of hydrogen-bond donors (Lipinski definition) is 3. The number of aliphatic hydroxyl groups is 1. The fourth-order valence-corrected chi connectivity index (χ4v) is 9.04. The van der Waals surface area contributed by atoms with Crippen molar-refractivity contribution in [3.63, 3.8) is 0 Å². The summed E-state index contributed by atoms with van der Waals surface area (Å²) in [5, 5.41) is 40.7. The first kappa shape index (κ1) is 38.2. The van der Waals surface area contributed by atoms with E-state index in [0.29, 0.717) is 45.9 Å². The van der Waals surface area contributed by atoms with Gasteiger partial charge >= 0.3 is 0 Å². The molecule has 2 aromatic heterocycles. The van der Waals surface area contributed by atoms with Gasteiger partial charge in [-0.2, -0.15) is 10.4 Å². The van der Waals surface area contributed by atoms with E-state index in [4.69, 9.17) is 38.3 Å². The van der Waals surface area contributed by atoms with Crippen LogP contribution in [-0.4, -0.2) is 99.6 Å². The zero-order chi connectivity index (χ0) is 38.8. The van der Waals surface area contributed by atoms with Gasteiger partial charge in [-0.25, -0.2) is 0 Å². The molecule has 4 aliphatic rings. The molecule has 2 amide bonds. The van der Waals surface area contributed by atoms with Crippen molar-refractivity contribution < 1.29 is 19.4 Å². The number of piperidine rings is 2. The van der Waals surface area contributed by atoms with Crippen LogP contribution >= 0.6 is 23.2 Å². The Morgan fingerprint density at radius 3 is 2.45 bits per heavy atom. The number of rotatable bonds is 9. The lowest BCUT2D eigenvalue weighted by atomic mass is 9.92. The highest BCUT2D eigenvalue weighted by Crippen LogP contribution is 2.36. The molecule has 8 rings (SSSR count). The Labute approximate surface area is 335 Å². The summed E-state index contributed by atoms with van der Waals surface area (Å²) >= 11 is 12.7. The highest BCUT2D eigenvalue weighted by atomic mass is 35.5. The number of ether oxygens (including phenoxy) is 1. The third-order valence-electron chi connectivity index (χ3n) is 11.7. The second-order valence-corrected chi connectivity index (χ2v) is 16.2. The number of hydrogen-bond acceptors (Lipinski definition) is 11. The van der Waals surface area contributed by atoms with Gasteiger partial charge in [0, 0.05) is 68.2 Å². The van der Waals surface area contributed by atoms with Crippen LogP contribution in [0.4, 0.5) is 11.5 Å². The summed E-state index contributed by atoms with van der Waals surface area (Å²) in [5.74, 6) is 1.67. The lowest BCUT2D eigenvalue weighted by molar-refractivity contribution is -0.125. The quantitative estimate of drug-likeness (QED) is 0.202. The number of benzene rings is 2. The number of carbonyl (C=O) groups excluding carboxylic acids is 2. The minimum atomic E-state index is -1.10. The van der Waals surface area contributed by atoms with E-state index in [9.17, 15) is 14.7 Å². The maximum Gasteiger partial charge on any atom is 0.272 e. The first-order valence-corrected chi connectivity index (χ1v) is 20.4. The molecular weight excluding hydrogens is 755 g/mol. The van der Waals surface area contributed by atoms with E-state index in [1.807, 2.05) is 24.4 Å². The molecule has 3 N–H and O–H groups in total. The van der Waals surface area contributed by atoms with Crippen LogP contribution in [0.25, 0.3) is 10.9 Å². The van der Waals surface area contributed by atoms with Gasteiger partial charge in [-0.05, 0) is 93.7 Å². The van der Waals surface area contributed by atoms with Gasteiger partial charge in [-0.1, -0.05) is 23.2 Å². The Hall–Kier alpha value is -4.68. The maximum absolute atomic E-state index is 13.0. The molecule has 4 aromatic rings. The summed E-state index contributed by atoms with van der Waals surface area (Å²) in [6.45, 7) is 5.27. The molecule has 294 valence electrons. The van der Waals surface area contributed by atoms with Crippen LogP contribution in [0.15, 0.2) is 48.7 Å². The highest BCUT2D eigenvalue weighted by Gasteiger charge is 2.30. The molecule has 1 saturated carbocycles. The van der Waals surface area contributed by atoms with E-state index in [0.717, 1.165) is 106 Å². The Morgan fingerprint density at radius 1 is 0.964 bits per heavy atom. The number of likely N-dealkylation sites (tertiary alicyclic amines) is 1. The van der Waals surface area contributed by atoms with Gasteiger partial charge < -0.3 is 35.2 Å². The molecule has 14 nitrogen and oxygen atoms in total. The van der Waals surface area contributed by atoms with Crippen LogP contribution in [0.5, 0.6) is 5.75 Å². The fraction of sp³-hybridized carbons (Fsp3) is 0.500. The van der Waals surface area contributed by atoms with Gasteiger partial charge in [0.25, 0.3) is 5.91 Å². The molecule has 3 saturated heterocycles. The van der Waals surface area contributed by atoms with E-state index in [2.05, 4.69) is 41.4 Å². The molecule has 3 aliphatic heterocycles. The number of fused-ring (bicyclic) bond motifs is 1. The fourth-order valence-electron chi connectivity index (χ4n) is 8.62. The Morgan fingerprint density at radius 2 is 1.75 bits per heavy atom. The number of anilines is 2. The van der Waals surface area contributed by atoms with Crippen LogP contribution in [0.2, 0.25) is 10.0 Å². The topological polar surface area (TPSA) is 165 Å². The molecule has 0 radical (unpaired) electrons. The standard InChI is InChI=1S/C40H46Cl2N10O4/c41-27-19-35(51-18-13-38(53)46-40(51)55)32-23-44-52(36(32)20-27)29-11-14-49(15-12-29)24-25-9-16-50(17-10-25)37-8-7-34(47-48-37)39(54)45-28-2-5-30(6-3-28)56-31-4-1-26(22-43)33(42)21-31/h1,4,7-8,19-21,23,25,28-30,40,55H,2-3,5-6,9-18,24H2,(H,45,54)(H,46,53). The molecular formula is C40H46Cl2N10O4. The largest absolute Gasteiger partial charge is 0.490 e. The van der Waals surface area contributed by atoms with Crippen LogP contribution < -0.4 is 25.2 Å². The highest BCUT2D eigenvalue weighted by molar-refractivity contribution is 6.32. The maximum atomic E-state index is 13.0. The molecule has 0 bridgehead atoms. The Balaban J connectivity index is 0.767. The van der Waals surface area contributed by atoms with Crippen LogP contribution in [0.1, 0.15) is 79.9 Å². The normalized spacial score (nSPS) is 22.8. The van der Waals surface area contributed by atoms with Crippen LogP contribution in [0, 0.1) is 17.2 Å². The lowest BCUT2D eigenvalue weighted by Crippen LogP contribution is -2.54. The van der Waals surface area contributed by atoms with Gasteiger partial charge in [0.05, 0.1) is 40.1 Å². The molecule has 5 heterocycles. The number of amides is 2. The summed E-state index contributed by atoms with van der Waals surface area (Å²) in [7, 11) is 0. The molecule has 2 aromatic carbocycles. The number of nitrogens with one attached hydrogen (secondary N) is 2. The molecule has 4 fully saturated rings. The zero-order valence-electron chi connectivity index (χ0n) is 31.1. The zero-order valence-corrected chi connectivity index (χ0v) is 32.6. The van der Waals surface area contributed by atoms with Crippen molar-refractivity contribution in [1.29, 1.82) is 5.26 Å². The predicted molar refractivity (Wildman–Crippen MR) is 213 cm³/mol. The van der Waals surface area contributed by atoms with Gasteiger partial charge in [-0.3, -0.25) is 14.3 Å². The number of nitrogens with zero attached hydrogens (tertiary/aromatic N) is 8. The SMILES string of the molecule is N#Cc1ccc(OC2CCC(NC(=O)c3ccc(N4CCC(CN5CCC(n6ncc7c(N8CCC(=O)NC8O)cc(Cl)cc76)CC5)CC4)nn3)CC2)cc1Cl. The summed E-state index contributed by atoms with van der Waals surface area (Å²) in [6.07, 6.45) is 8.40. The van der Waals surface area contributed by atoms with Crippen molar-refractivity contribution in [2.75, 3.05) is 49.1 Å². The average molecular weight is 802 g/mol. The van der Waals surface area contributed by atoms with E-state index >= 15 is 0 Å². The summed E-state index contributed by atoms with van der Waals surface area (Å²) in [5.41, 5.74) is 2.45. The summed E-state index contributed by atoms with van der Waals surface area (Å²) in [4.78, 5) is 31.4. The van der Waals surface area contributed by atoms with E-state index in [-0.39, 0.29) is 30.0 Å². The van der Waals surface area contributed by atoms with Gasteiger partial charge in [0.2, 0.25) is 12.3 Å². The van der Waals surface area contributed by atoms with Gasteiger partial charge in [0.1, 0.15) is 11.8 Å². The van der Waals surface area contributed by atoms with E-state index < -0.39 is 6.35 Å². The third-order valence-corrected chi connectivity index (χ3v) is 12.3. The summed E-state index contributed by atoms with van der Waals surface area (Å²) < 4.78 is 8.17. The summed E-state index contributed by atoms with van der Waals surface area (Å²) in [6, 6.07) is 14.9. The second-order valence-electron chi connectivity index (χ2n) is 15.4. The first-order valence-electron chi connectivity index (χ1n) is 19.6. The van der Waals surface area contributed by atoms with Crippen molar-refractivity contribution >= 4 is 57.4 Å². The van der Waals surface area contributed by atoms with Crippen molar-refractivity contribution in [1.82, 2.24) is 35.5 Å². The molecule has 1 aliphatic carbocycles. The predicted octanol–water partition coefficient (Wildman–Crippen LogP) is 5.28. The first-order chi connectivity index (χ1) is 27.2. The van der Waals surface area contributed by atoms with Crippen molar-refractivity contribution in [2.24, 2.45) is 5.92 Å². The molecule has 1 atom stereocenters. The van der Waals surface area contributed by atoms with Crippen molar-refractivity contribution in [3.05, 3.63) is 70.0 Å². The van der Waals surface area contributed by atoms with Crippen LogP contribution in [0.3, 0.4) is 0 Å².